The average molecular weight is 284 g/mol. The predicted molar refractivity (Wildman–Crippen MR) is 74.0 cm³/mol. The molecule has 0 atom stereocenters. The molecule has 20 heavy (non-hydrogen) atoms. The number of carboxylic acids is 1. The molecule has 112 valence electrons. The Balaban J connectivity index is 3.35. The molecule has 0 bridgehead atoms. The van der Waals surface area contributed by atoms with Crippen LogP contribution in [0.4, 0.5) is 11.5 Å². The zero-order chi connectivity index (χ0) is 15.4. The number of anilines is 1. The van der Waals surface area contributed by atoms with Crippen molar-refractivity contribution in [1.29, 1.82) is 0 Å². The third-order valence-corrected chi connectivity index (χ3v) is 2.76. The van der Waals surface area contributed by atoms with Crippen molar-refractivity contribution < 1.29 is 14.8 Å². The van der Waals surface area contributed by atoms with Crippen LogP contribution in [0.2, 0.25) is 0 Å². The largest absolute Gasteiger partial charge is 0.480 e. The van der Waals surface area contributed by atoms with Crippen LogP contribution in [0, 0.1) is 23.0 Å². The number of carbonyl (C=O) groups is 1. The second-order valence-corrected chi connectivity index (χ2v) is 5.00. The van der Waals surface area contributed by atoms with Gasteiger partial charge >= 0.3 is 11.7 Å². The first kappa shape index (κ1) is 15.9. The highest BCUT2D eigenvalue weighted by Gasteiger charge is 2.30. The van der Waals surface area contributed by atoms with E-state index in [-0.39, 0.29) is 24.0 Å². The van der Waals surface area contributed by atoms with Gasteiger partial charge in [-0.05, 0) is 19.8 Å². The third-order valence-electron chi connectivity index (χ3n) is 2.76. The molecule has 0 radical (unpaired) electrons. The van der Waals surface area contributed by atoms with E-state index in [1.807, 2.05) is 20.8 Å². The lowest BCUT2D eigenvalue weighted by Gasteiger charge is -2.24. The maximum atomic E-state index is 11.2. The molecule has 0 aliphatic carbocycles. The molecule has 0 fully saturated rings. The van der Waals surface area contributed by atoms with E-state index in [2.05, 4.69) is 5.10 Å². The molecule has 8 nitrogen and oxygen atoms in total. The molecule has 1 rings (SSSR count). The van der Waals surface area contributed by atoms with Crippen LogP contribution in [0.1, 0.15) is 26.5 Å². The molecular formula is C12H20N4O4. The Hall–Kier alpha value is -2.12. The summed E-state index contributed by atoms with van der Waals surface area (Å²) in [6.07, 6.45) is 0. The standard InChI is InChI=1S/C12H20N4O4/c1-5-15-12(11(16(19)20)9(4)13-15)14(6-8(2)3)7-10(17)18/h8H,5-7H2,1-4H3,(H,17,18). The lowest BCUT2D eigenvalue weighted by molar-refractivity contribution is -0.384. The molecule has 0 aliphatic heterocycles. The molecule has 0 spiro atoms. The van der Waals surface area contributed by atoms with E-state index in [0.717, 1.165) is 0 Å². The van der Waals surface area contributed by atoms with Gasteiger partial charge in [0.1, 0.15) is 12.2 Å². The molecule has 1 aromatic heterocycles. The second kappa shape index (κ2) is 6.36. The van der Waals surface area contributed by atoms with Gasteiger partial charge in [-0.15, -0.1) is 0 Å². The highest BCUT2D eigenvalue weighted by Crippen LogP contribution is 2.32. The van der Waals surface area contributed by atoms with E-state index >= 15 is 0 Å². The number of aromatic nitrogens is 2. The molecular weight excluding hydrogens is 264 g/mol. The molecule has 0 amide bonds. The summed E-state index contributed by atoms with van der Waals surface area (Å²) in [5, 5.41) is 24.4. The van der Waals surface area contributed by atoms with E-state index in [4.69, 9.17) is 5.11 Å². The van der Waals surface area contributed by atoms with Crippen molar-refractivity contribution in [3.8, 4) is 0 Å². The molecule has 1 aromatic rings. The lowest BCUT2D eigenvalue weighted by Crippen LogP contribution is -2.35. The summed E-state index contributed by atoms with van der Waals surface area (Å²) in [6, 6.07) is 0. The Morgan fingerprint density at radius 3 is 2.55 bits per heavy atom. The summed E-state index contributed by atoms with van der Waals surface area (Å²) >= 11 is 0. The van der Waals surface area contributed by atoms with Crippen molar-refractivity contribution in [2.24, 2.45) is 5.92 Å². The second-order valence-electron chi connectivity index (χ2n) is 5.00. The maximum Gasteiger partial charge on any atom is 0.333 e. The number of aryl methyl sites for hydroxylation is 2. The first-order valence-electron chi connectivity index (χ1n) is 6.46. The topological polar surface area (TPSA) is 101 Å². The van der Waals surface area contributed by atoms with E-state index in [1.165, 1.54) is 9.58 Å². The molecule has 1 N–H and O–H groups in total. The van der Waals surface area contributed by atoms with Gasteiger partial charge in [0, 0.05) is 13.1 Å². The van der Waals surface area contributed by atoms with Crippen LogP contribution in [0.25, 0.3) is 0 Å². The Labute approximate surface area is 117 Å². The minimum absolute atomic E-state index is 0.117. The third kappa shape index (κ3) is 3.46. The Bertz CT molecular complexity index is 510. The highest BCUT2D eigenvalue weighted by molar-refractivity contribution is 5.75. The predicted octanol–water partition coefficient (Wildman–Crippen LogP) is 1.67. The molecule has 0 aromatic carbocycles. The van der Waals surface area contributed by atoms with Crippen LogP contribution in [0.15, 0.2) is 0 Å². The number of aliphatic carboxylic acids is 1. The van der Waals surface area contributed by atoms with Gasteiger partial charge in [0.15, 0.2) is 0 Å². The normalized spacial score (nSPS) is 10.8. The molecule has 0 aliphatic rings. The zero-order valence-electron chi connectivity index (χ0n) is 12.2. The van der Waals surface area contributed by atoms with Gasteiger partial charge in [-0.1, -0.05) is 13.8 Å². The van der Waals surface area contributed by atoms with Gasteiger partial charge in [0.05, 0.1) is 4.92 Å². The van der Waals surface area contributed by atoms with E-state index in [1.54, 1.807) is 6.92 Å². The van der Waals surface area contributed by atoms with Gasteiger partial charge in [-0.25, -0.2) is 4.68 Å². The van der Waals surface area contributed by atoms with Crippen LogP contribution in [0.5, 0.6) is 0 Å². The fourth-order valence-electron chi connectivity index (χ4n) is 2.14. The molecule has 0 unspecified atom stereocenters. The molecule has 0 saturated carbocycles. The zero-order valence-corrected chi connectivity index (χ0v) is 12.2. The summed E-state index contributed by atoms with van der Waals surface area (Å²) < 4.78 is 1.48. The van der Waals surface area contributed by atoms with Crippen molar-refractivity contribution in [1.82, 2.24) is 9.78 Å². The van der Waals surface area contributed by atoms with Crippen molar-refractivity contribution in [3.63, 3.8) is 0 Å². The monoisotopic (exact) mass is 284 g/mol. The van der Waals surface area contributed by atoms with Crippen LogP contribution in [0.3, 0.4) is 0 Å². The minimum atomic E-state index is -1.03. The number of hydrogen-bond donors (Lipinski definition) is 1. The van der Waals surface area contributed by atoms with Crippen LogP contribution in [-0.4, -0.2) is 38.9 Å². The molecule has 8 heteroatoms. The lowest BCUT2D eigenvalue weighted by atomic mass is 10.2. The van der Waals surface area contributed by atoms with Crippen molar-refractivity contribution in [2.75, 3.05) is 18.0 Å². The van der Waals surface area contributed by atoms with Crippen molar-refractivity contribution in [2.45, 2.75) is 34.2 Å². The molecule has 0 saturated heterocycles. The van der Waals surface area contributed by atoms with Gasteiger partial charge in [-0.2, -0.15) is 5.10 Å². The van der Waals surface area contributed by atoms with E-state index in [0.29, 0.717) is 18.8 Å². The summed E-state index contributed by atoms with van der Waals surface area (Å²) in [4.78, 5) is 23.2. The first-order valence-corrected chi connectivity index (χ1v) is 6.46. The summed E-state index contributed by atoms with van der Waals surface area (Å²) in [6.45, 7) is 7.80. The fraction of sp³-hybridized carbons (Fsp3) is 0.667. The first-order chi connectivity index (χ1) is 9.27. The van der Waals surface area contributed by atoms with Gasteiger partial charge in [-0.3, -0.25) is 14.9 Å². The van der Waals surface area contributed by atoms with E-state index < -0.39 is 10.9 Å². The van der Waals surface area contributed by atoms with Crippen LogP contribution in [-0.2, 0) is 11.3 Å². The smallest absolute Gasteiger partial charge is 0.333 e. The number of hydrogen-bond acceptors (Lipinski definition) is 5. The van der Waals surface area contributed by atoms with Gasteiger partial charge < -0.3 is 10.0 Å². The number of rotatable bonds is 7. The Morgan fingerprint density at radius 1 is 1.55 bits per heavy atom. The highest BCUT2D eigenvalue weighted by atomic mass is 16.6. The summed E-state index contributed by atoms with van der Waals surface area (Å²) in [7, 11) is 0. The Kier molecular flexibility index (Phi) is 5.06. The summed E-state index contributed by atoms with van der Waals surface area (Å²) in [5.41, 5.74) is 0.180. The van der Waals surface area contributed by atoms with E-state index in [9.17, 15) is 14.9 Å². The minimum Gasteiger partial charge on any atom is -0.480 e. The Morgan fingerprint density at radius 2 is 2.15 bits per heavy atom. The maximum absolute atomic E-state index is 11.2. The number of carboxylic acid groups (broad SMARTS) is 1. The molecule has 1 heterocycles. The average Bonchev–Trinajstić information content (AvgIpc) is 2.63. The van der Waals surface area contributed by atoms with Crippen LogP contribution >= 0.6 is 0 Å². The van der Waals surface area contributed by atoms with Crippen molar-refractivity contribution >= 4 is 17.5 Å². The SMILES string of the molecule is CCn1nc(C)c([N+](=O)[O-])c1N(CC(=O)O)CC(C)C. The number of nitro groups is 1. The van der Waals surface area contributed by atoms with Gasteiger partial charge in [0.2, 0.25) is 5.82 Å². The number of nitrogens with zero attached hydrogens (tertiary/aromatic N) is 4. The quantitative estimate of drug-likeness (QED) is 0.603. The fourth-order valence-corrected chi connectivity index (χ4v) is 2.14. The van der Waals surface area contributed by atoms with Crippen molar-refractivity contribution in [3.05, 3.63) is 15.8 Å². The summed E-state index contributed by atoms with van der Waals surface area (Å²) in [5.74, 6) is -0.581. The van der Waals surface area contributed by atoms with Crippen LogP contribution < -0.4 is 4.90 Å². The van der Waals surface area contributed by atoms with Gasteiger partial charge in [0.25, 0.3) is 0 Å².